The minimum absolute atomic E-state index is 0.540. The van der Waals surface area contributed by atoms with Crippen molar-refractivity contribution < 1.29 is 0 Å². The SMILES string of the molecule is CC1CC(C)(C)CCC1NCc1nccs1. The normalized spacial score (nSPS) is 29.2. The van der Waals surface area contributed by atoms with Crippen LogP contribution in [0, 0.1) is 11.3 Å². The van der Waals surface area contributed by atoms with E-state index in [0.717, 1.165) is 12.5 Å². The Kier molecular flexibility index (Phi) is 3.65. The second kappa shape index (κ2) is 4.84. The Hall–Kier alpha value is -0.410. The van der Waals surface area contributed by atoms with Gasteiger partial charge in [-0.05, 0) is 30.6 Å². The molecule has 16 heavy (non-hydrogen) atoms. The van der Waals surface area contributed by atoms with Crippen molar-refractivity contribution in [3.63, 3.8) is 0 Å². The summed E-state index contributed by atoms with van der Waals surface area (Å²) < 4.78 is 0. The van der Waals surface area contributed by atoms with Crippen LogP contribution in [0.4, 0.5) is 0 Å². The van der Waals surface area contributed by atoms with Gasteiger partial charge in [-0.15, -0.1) is 11.3 Å². The van der Waals surface area contributed by atoms with E-state index in [1.807, 2.05) is 11.6 Å². The molecule has 0 aliphatic heterocycles. The lowest BCUT2D eigenvalue weighted by Gasteiger charge is -2.39. The van der Waals surface area contributed by atoms with Gasteiger partial charge in [-0.3, -0.25) is 0 Å². The van der Waals surface area contributed by atoms with Crippen LogP contribution in [0.5, 0.6) is 0 Å². The van der Waals surface area contributed by atoms with Crippen LogP contribution in [0.1, 0.15) is 45.0 Å². The molecule has 1 saturated carbocycles. The van der Waals surface area contributed by atoms with Crippen LogP contribution in [0.25, 0.3) is 0 Å². The van der Waals surface area contributed by atoms with Gasteiger partial charge >= 0.3 is 0 Å². The van der Waals surface area contributed by atoms with Crippen molar-refractivity contribution in [2.24, 2.45) is 11.3 Å². The fraction of sp³-hybridized carbons (Fsp3) is 0.769. The highest BCUT2D eigenvalue weighted by molar-refractivity contribution is 7.09. The number of aromatic nitrogens is 1. The van der Waals surface area contributed by atoms with Crippen LogP contribution in [0.15, 0.2) is 11.6 Å². The van der Waals surface area contributed by atoms with Gasteiger partial charge in [0.1, 0.15) is 5.01 Å². The molecule has 0 amide bonds. The van der Waals surface area contributed by atoms with E-state index in [2.05, 4.69) is 31.1 Å². The molecule has 0 radical (unpaired) electrons. The molecule has 2 nitrogen and oxygen atoms in total. The minimum Gasteiger partial charge on any atom is -0.307 e. The van der Waals surface area contributed by atoms with Crippen molar-refractivity contribution in [1.29, 1.82) is 0 Å². The summed E-state index contributed by atoms with van der Waals surface area (Å²) in [5.41, 5.74) is 0.540. The van der Waals surface area contributed by atoms with Crippen LogP contribution in [-0.2, 0) is 6.54 Å². The van der Waals surface area contributed by atoms with Crippen LogP contribution in [0.2, 0.25) is 0 Å². The number of thiazole rings is 1. The van der Waals surface area contributed by atoms with Crippen LogP contribution >= 0.6 is 11.3 Å². The first kappa shape index (κ1) is 12.1. The average Bonchev–Trinajstić information content (AvgIpc) is 2.68. The van der Waals surface area contributed by atoms with Crippen molar-refractivity contribution in [3.05, 3.63) is 16.6 Å². The molecule has 0 saturated heterocycles. The van der Waals surface area contributed by atoms with Gasteiger partial charge in [0.25, 0.3) is 0 Å². The predicted molar refractivity (Wildman–Crippen MR) is 69.5 cm³/mol. The van der Waals surface area contributed by atoms with E-state index >= 15 is 0 Å². The van der Waals surface area contributed by atoms with E-state index < -0.39 is 0 Å². The van der Waals surface area contributed by atoms with Gasteiger partial charge in [0.2, 0.25) is 0 Å². The van der Waals surface area contributed by atoms with Crippen molar-refractivity contribution in [2.45, 2.75) is 52.6 Å². The highest BCUT2D eigenvalue weighted by Crippen LogP contribution is 2.38. The molecule has 1 aliphatic carbocycles. The Morgan fingerprint density at radius 3 is 3.00 bits per heavy atom. The third-order valence-electron chi connectivity index (χ3n) is 3.69. The molecule has 1 heterocycles. The van der Waals surface area contributed by atoms with Crippen LogP contribution in [0.3, 0.4) is 0 Å². The predicted octanol–water partition coefficient (Wildman–Crippen LogP) is 3.45. The maximum absolute atomic E-state index is 4.31. The highest BCUT2D eigenvalue weighted by Gasteiger charge is 2.31. The fourth-order valence-electron chi connectivity index (χ4n) is 2.81. The van der Waals surface area contributed by atoms with Crippen molar-refractivity contribution in [2.75, 3.05) is 0 Å². The molecular formula is C13H22N2S. The van der Waals surface area contributed by atoms with E-state index in [1.54, 1.807) is 11.3 Å². The maximum atomic E-state index is 4.31. The Bertz CT molecular complexity index is 319. The zero-order chi connectivity index (χ0) is 11.6. The molecule has 1 aromatic heterocycles. The average molecular weight is 238 g/mol. The standard InChI is InChI=1S/C13H22N2S/c1-10-8-13(2,3)5-4-11(10)15-9-12-14-6-7-16-12/h6-7,10-11,15H,4-5,8-9H2,1-3H3. The molecule has 1 fully saturated rings. The summed E-state index contributed by atoms with van der Waals surface area (Å²) in [7, 11) is 0. The highest BCUT2D eigenvalue weighted by atomic mass is 32.1. The van der Waals surface area contributed by atoms with Gasteiger partial charge in [0.05, 0.1) is 0 Å². The lowest BCUT2D eigenvalue weighted by atomic mass is 9.70. The summed E-state index contributed by atoms with van der Waals surface area (Å²) in [6.45, 7) is 8.09. The monoisotopic (exact) mass is 238 g/mol. The van der Waals surface area contributed by atoms with E-state index in [-0.39, 0.29) is 0 Å². The second-order valence-electron chi connectivity index (χ2n) is 5.80. The number of nitrogens with one attached hydrogen (secondary N) is 1. The molecule has 1 aromatic rings. The molecule has 0 aromatic carbocycles. The van der Waals surface area contributed by atoms with Gasteiger partial charge in [0.15, 0.2) is 0 Å². The van der Waals surface area contributed by atoms with Crippen molar-refractivity contribution in [1.82, 2.24) is 10.3 Å². The lowest BCUT2D eigenvalue weighted by molar-refractivity contribution is 0.148. The van der Waals surface area contributed by atoms with Crippen LogP contribution < -0.4 is 5.32 Å². The topological polar surface area (TPSA) is 24.9 Å². The van der Waals surface area contributed by atoms with Crippen molar-refractivity contribution >= 4 is 11.3 Å². The van der Waals surface area contributed by atoms with Gasteiger partial charge < -0.3 is 5.32 Å². The lowest BCUT2D eigenvalue weighted by Crippen LogP contribution is -2.41. The van der Waals surface area contributed by atoms with Gasteiger partial charge in [0, 0.05) is 24.2 Å². The van der Waals surface area contributed by atoms with E-state index in [0.29, 0.717) is 11.5 Å². The minimum atomic E-state index is 0.540. The molecule has 3 heteroatoms. The van der Waals surface area contributed by atoms with Gasteiger partial charge in [-0.25, -0.2) is 4.98 Å². The second-order valence-corrected chi connectivity index (χ2v) is 6.78. The smallest absolute Gasteiger partial charge is 0.106 e. The zero-order valence-electron chi connectivity index (χ0n) is 10.5. The molecule has 90 valence electrons. The summed E-state index contributed by atoms with van der Waals surface area (Å²) in [5, 5.41) is 6.91. The Morgan fingerprint density at radius 1 is 1.56 bits per heavy atom. The summed E-state index contributed by atoms with van der Waals surface area (Å²) in [6.07, 6.45) is 5.87. The maximum Gasteiger partial charge on any atom is 0.106 e. The number of rotatable bonds is 3. The molecule has 2 unspecified atom stereocenters. The Labute approximate surface area is 102 Å². The Morgan fingerprint density at radius 2 is 2.38 bits per heavy atom. The quantitative estimate of drug-likeness (QED) is 0.872. The molecule has 2 rings (SSSR count). The first-order valence-electron chi connectivity index (χ1n) is 6.19. The number of nitrogens with zero attached hydrogens (tertiary/aromatic N) is 1. The Balaban J connectivity index is 1.83. The van der Waals surface area contributed by atoms with E-state index in [1.165, 1.54) is 24.3 Å². The first-order valence-corrected chi connectivity index (χ1v) is 7.06. The largest absolute Gasteiger partial charge is 0.307 e. The first-order chi connectivity index (χ1) is 7.57. The van der Waals surface area contributed by atoms with E-state index in [9.17, 15) is 0 Å². The molecule has 1 aliphatic rings. The third-order valence-corrected chi connectivity index (χ3v) is 4.47. The summed E-state index contributed by atoms with van der Waals surface area (Å²) in [5.74, 6) is 0.781. The number of hydrogen-bond donors (Lipinski definition) is 1. The molecule has 1 N–H and O–H groups in total. The summed E-state index contributed by atoms with van der Waals surface area (Å²) in [6, 6.07) is 0.678. The van der Waals surface area contributed by atoms with Gasteiger partial charge in [-0.2, -0.15) is 0 Å². The summed E-state index contributed by atoms with van der Waals surface area (Å²) >= 11 is 1.74. The fourth-order valence-corrected chi connectivity index (χ4v) is 3.38. The molecular weight excluding hydrogens is 216 g/mol. The van der Waals surface area contributed by atoms with E-state index in [4.69, 9.17) is 0 Å². The van der Waals surface area contributed by atoms with Gasteiger partial charge in [-0.1, -0.05) is 20.8 Å². The molecule has 0 spiro atoms. The molecule has 0 bridgehead atoms. The number of hydrogen-bond acceptors (Lipinski definition) is 3. The zero-order valence-corrected chi connectivity index (χ0v) is 11.3. The molecule has 2 atom stereocenters. The van der Waals surface area contributed by atoms with Crippen LogP contribution in [-0.4, -0.2) is 11.0 Å². The summed E-state index contributed by atoms with van der Waals surface area (Å²) in [4.78, 5) is 4.31. The third kappa shape index (κ3) is 3.05. The van der Waals surface area contributed by atoms with Crippen molar-refractivity contribution in [3.8, 4) is 0 Å².